The molecule has 1 aliphatic rings. The van der Waals surface area contributed by atoms with Crippen molar-refractivity contribution in [3.63, 3.8) is 0 Å². The molecule has 2 N–H and O–H groups in total. The van der Waals surface area contributed by atoms with Gasteiger partial charge in [0.15, 0.2) is 0 Å². The quantitative estimate of drug-likeness (QED) is 0.913. The van der Waals surface area contributed by atoms with E-state index in [2.05, 4.69) is 17.9 Å². The Labute approximate surface area is 154 Å². The molecule has 25 heavy (non-hydrogen) atoms. The molecule has 0 radical (unpaired) electrons. The first-order valence-electron chi connectivity index (χ1n) is 8.67. The van der Waals surface area contributed by atoms with Crippen molar-refractivity contribution in [3.8, 4) is 0 Å². The van der Waals surface area contributed by atoms with Gasteiger partial charge in [0.05, 0.1) is 0 Å². The molecule has 0 bridgehead atoms. The molecular formula is C20H24ClN3O. The van der Waals surface area contributed by atoms with Crippen molar-refractivity contribution in [1.29, 1.82) is 0 Å². The van der Waals surface area contributed by atoms with E-state index in [4.69, 9.17) is 17.3 Å². The van der Waals surface area contributed by atoms with Crippen molar-refractivity contribution in [2.45, 2.75) is 19.5 Å². The minimum Gasteiger partial charge on any atom is -0.336 e. The van der Waals surface area contributed by atoms with E-state index in [9.17, 15) is 4.79 Å². The molecule has 2 aromatic rings. The number of amides is 1. The SMILES string of the molecule is CC(c1ccccc1Cl)N1CCN(C(=O)c2ccc(CN)cc2)CC1. The highest BCUT2D eigenvalue weighted by molar-refractivity contribution is 6.31. The van der Waals surface area contributed by atoms with Crippen LogP contribution in [0.2, 0.25) is 5.02 Å². The highest BCUT2D eigenvalue weighted by Gasteiger charge is 2.26. The summed E-state index contributed by atoms with van der Waals surface area (Å²) in [5.74, 6) is 0.0913. The van der Waals surface area contributed by atoms with Crippen molar-refractivity contribution in [1.82, 2.24) is 9.80 Å². The topological polar surface area (TPSA) is 49.6 Å². The maximum Gasteiger partial charge on any atom is 0.253 e. The Hall–Kier alpha value is -1.88. The number of hydrogen-bond acceptors (Lipinski definition) is 3. The molecule has 1 amide bonds. The Kier molecular flexibility index (Phi) is 5.74. The Morgan fingerprint density at radius 3 is 2.32 bits per heavy atom. The summed E-state index contributed by atoms with van der Waals surface area (Å²) in [6.07, 6.45) is 0. The standard InChI is InChI=1S/C20H24ClN3O/c1-15(18-4-2-3-5-19(18)21)23-10-12-24(13-11-23)20(25)17-8-6-16(14-22)7-9-17/h2-9,15H,10-14,22H2,1H3. The smallest absolute Gasteiger partial charge is 0.253 e. The largest absolute Gasteiger partial charge is 0.336 e. The van der Waals surface area contributed by atoms with E-state index in [0.29, 0.717) is 6.54 Å². The molecule has 2 aromatic carbocycles. The minimum atomic E-state index is 0.0913. The molecule has 1 heterocycles. The van der Waals surface area contributed by atoms with Crippen LogP contribution in [0.3, 0.4) is 0 Å². The second-order valence-corrected chi connectivity index (χ2v) is 6.83. The fourth-order valence-electron chi connectivity index (χ4n) is 3.29. The van der Waals surface area contributed by atoms with Gasteiger partial charge in [-0.25, -0.2) is 0 Å². The highest BCUT2D eigenvalue weighted by Crippen LogP contribution is 2.28. The third-order valence-corrected chi connectivity index (χ3v) is 5.29. The first-order chi connectivity index (χ1) is 12.1. The normalized spacial score (nSPS) is 16.7. The van der Waals surface area contributed by atoms with E-state index in [1.807, 2.05) is 47.4 Å². The number of nitrogens with two attached hydrogens (primary N) is 1. The number of piperazine rings is 1. The molecule has 1 fully saturated rings. The lowest BCUT2D eigenvalue weighted by atomic mass is 10.1. The van der Waals surface area contributed by atoms with Gasteiger partial charge in [0.2, 0.25) is 0 Å². The fourth-order valence-corrected chi connectivity index (χ4v) is 3.58. The van der Waals surface area contributed by atoms with Crippen LogP contribution in [-0.4, -0.2) is 41.9 Å². The maximum absolute atomic E-state index is 12.7. The number of carbonyl (C=O) groups excluding carboxylic acids is 1. The van der Waals surface area contributed by atoms with Gasteiger partial charge in [-0.15, -0.1) is 0 Å². The summed E-state index contributed by atoms with van der Waals surface area (Å²) >= 11 is 6.32. The van der Waals surface area contributed by atoms with Crippen LogP contribution in [0, 0.1) is 0 Å². The zero-order chi connectivity index (χ0) is 17.8. The molecule has 0 aromatic heterocycles. The van der Waals surface area contributed by atoms with E-state index in [-0.39, 0.29) is 11.9 Å². The summed E-state index contributed by atoms with van der Waals surface area (Å²) in [7, 11) is 0. The van der Waals surface area contributed by atoms with Gasteiger partial charge in [0, 0.05) is 49.4 Å². The van der Waals surface area contributed by atoms with Crippen molar-refractivity contribution < 1.29 is 4.79 Å². The Morgan fingerprint density at radius 2 is 1.72 bits per heavy atom. The molecular weight excluding hydrogens is 334 g/mol. The molecule has 5 heteroatoms. The van der Waals surface area contributed by atoms with Gasteiger partial charge in [-0.1, -0.05) is 41.9 Å². The van der Waals surface area contributed by atoms with Crippen LogP contribution in [0.5, 0.6) is 0 Å². The molecule has 1 unspecified atom stereocenters. The van der Waals surface area contributed by atoms with Crippen LogP contribution in [0.15, 0.2) is 48.5 Å². The van der Waals surface area contributed by atoms with E-state index in [1.165, 1.54) is 0 Å². The van der Waals surface area contributed by atoms with Gasteiger partial charge in [0.1, 0.15) is 0 Å². The number of rotatable bonds is 4. The van der Waals surface area contributed by atoms with E-state index >= 15 is 0 Å². The lowest BCUT2D eigenvalue weighted by Gasteiger charge is -2.38. The van der Waals surface area contributed by atoms with Crippen molar-refractivity contribution >= 4 is 17.5 Å². The fraction of sp³-hybridized carbons (Fsp3) is 0.350. The first-order valence-corrected chi connectivity index (χ1v) is 9.04. The Balaban J connectivity index is 1.61. The van der Waals surface area contributed by atoms with E-state index < -0.39 is 0 Å². The second kappa shape index (κ2) is 8.00. The lowest BCUT2D eigenvalue weighted by Crippen LogP contribution is -2.49. The molecule has 0 spiro atoms. The molecule has 1 aliphatic heterocycles. The third-order valence-electron chi connectivity index (χ3n) is 4.94. The summed E-state index contributed by atoms with van der Waals surface area (Å²) in [4.78, 5) is 17.0. The van der Waals surface area contributed by atoms with Crippen LogP contribution in [-0.2, 0) is 6.54 Å². The average Bonchev–Trinajstić information content (AvgIpc) is 2.67. The van der Waals surface area contributed by atoms with Crippen molar-refractivity contribution in [2.75, 3.05) is 26.2 Å². The number of nitrogens with zero attached hydrogens (tertiary/aromatic N) is 2. The molecule has 3 rings (SSSR count). The molecule has 0 aliphatic carbocycles. The Bertz CT molecular complexity index is 724. The molecule has 132 valence electrons. The van der Waals surface area contributed by atoms with Gasteiger partial charge in [-0.2, -0.15) is 0 Å². The van der Waals surface area contributed by atoms with Crippen LogP contribution in [0.25, 0.3) is 0 Å². The van der Waals surface area contributed by atoms with Crippen LogP contribution < -0.4 is 5.73 Å². The summed E-state index contributed by atoms with van der Waals surface area (Å²) in [6.45, 7) is 5.81. The summed E-state index contributed by atoms with van der Waals surface area (Å²) < 4.78 is 0. The maximum atomic E-state index is 12.7. The number of halogens is 1. The van der Waals surface area contributed by atoms with Gasteiger partial charge in [0.25, 0.3) is 5.91 Å². The number of benzene rings is 2. The lowest BCUT2D eigenvalue weighted by molar-refractivity contribution is 0.0582. The molecule has 4 nitrogen and oxygen atoms in total. The average molecular weight is 358 g/mol. The van der Waals surface area contributed by atoms with Crippen LogP contribution in [0.1, 0.15) is 34.5 Å². The predicted molar refractivity (Wildman–Crippen MR) is 102 cm³/mol. The van der Waals surface area contributed by atoms with Gasteiger partial charge >= 0.3 is 0 Å². The summed E-state index contributed by atoms with van der Waals surface area (Å²) in [5, 5.41) is 0.800. The first kappa shape index (κ1) is 17.9. The van der Waals surface area contributed by atoms with Gasteiger partial charge < -0.3 is 10.6 Å². The Morgan fingerprint density at radius 1 is 1.08 bits per heavy atom. The summed E-state index contributed by atoms with van der Waals surface area (Å²) in [5.41, 5.74) is 8.51. The third kappa shape index (κ3) is 4.03. The number of hydrogen-bond donors (Lipinski definition) is 1. The van der Waals surface area contributed by atoms with Gasteiger partial charge in [-0.3, -0.25) is 9.69 Å². The van der Waals surface area contributed by atoms with E-state index in [0.717, 1.165) is 47.9 Å². The highest BCUT2D eigenvalue weighted by atomic mass is 35.5. The second-order valence-electron chi connectivity index (χ2n) is 6.43. The molecule has 1 atom stereocenters. The van der Waals surface area contributed by atoms with Gasteiger partial charge in [-0.05, 0) is 36.2 Å². The van der Waals surface area contributed by atoms with Crippen molar-refractivity contribution in [2.24, 2.45) is 5.73 Å². The van der Waals surface area contributed by atoms with E-state index in [1.54, 1.807) is 0 Å². The van der Waals surface area contributed by atoms with Crippen LogP contribution >= 0.6 is 11.6 Å². The minimum absolute atomic E-state index is 0.0913. The zero-order valence-electron chi connectivity index (χ0n) is 14.5. The van der Waals surface area contributed by atoms with Crippen LogP contribution in [0.4, 0.5) is 0 Å². The molecule has 0 saturated carbocycles. The number of carbonyl (C=O) groups is 1. The van der Waals surface area contributed by atoms with Crippen molar-refractivity contribution in [3.05, 3.63) is 70.2 Å². The summed E-state index contributed by atoms with van der Waals surface area (Å²) in [6, 6.07) is 15.8. The zero-order valence-corrected chi connectivity index (χ0v) is 15.2. The monoisotopic (exact) mass is 357 g/mol. The predicted octanol–water partition coefficient (Wildman–Crippen LogP) is 3.32. The molecule has 1 saturated heterocycles.